The van der Waals surface area contributed by atoms with E-state index in [9.17, 15) is 4.79 Å². The Bertz CT molecular complexity index is 962. The van der Waals surface area contributed by atoms with Crippen molar-refractivity contribution in [2.75, 3.05) is 6.61 Å². The SMILES string of the molecule is CCCCC[C@H]1CC[C@H](CCc2ccc(OC(=O)c3ccc(OCCCCC[C@@H](C)CC)cc3)c(Br)c2)CC1. The van der Waals surface area contributed by atoms with E-state index in [1.807, 2.05) is 18.2 Å². The van der Waals surface area contributed by atoms with Crippen molar-refractivity contribution in [3.63, 3.8) is 0 Å². The highest BCUT2D eigenvalue weighted by Gasteiger charge is 2.21. The first kappa shape index (κ1) is 31.7. The number of carbonyl (C=O) groups is 1. The van der Waals surface area contributed by atoms with Crippen molar-refractivity contribution >= 4 is 21.9 Å². The van der Waals surface area contributed by atoms with Gasteiger partial charge in [0.1, 0.15) is 11.5 Å². The van der Waals surface area contributed by atoms with Crippen molar-refractivity contribution in [1.29, 1.82) is 0 Å². The van der Waals surface area contributed by atoms with Crippen molar-refractivity contribution in [2.45, 2.75) is 117 Å². The van der Waals surface area contributed by atoms with Gasteiger partial charge in [-0.15, -0.1) is 0 Å². The van der Waals surface area contributed by atoms with E-state index < -0.39 is 0 Å². The van der Waals surface area contributed by atoms with Gasteiger partial charge in [-0.3, -0.25) is 0 Å². The molecule has 1 fully saturated rings. The van der Waals surface area contributed by atoms with Gasteiger partial charge in [0.15, 0.2) is 0 Å². The lowest BCUT2D eigenvalue weighted by Gasteiger charge is -2.28. The predicted molar refractivity (Wildman–Crippen MR) is 167 cm³/mol. The summed E-state index contributed by atoms with van der Waals surface area (Å²) < 4.78 is 12.4. The molecule has 0 heterocycles. The summed E-state index contributed by atoms with van der Waals surface area (Å²) in [4.78, 5) is 12.7. The molecule has 1 saturated carbocycles. The fraction of sp³-hybridized carbons (Fsp3) is 0.629. The molecule has 1 aliphatic rings. The fourth-order valence-electron chi connectivity index (χ4n) is 5.66. The molecule has 1 atom stereocenters. The maximum Gasteiger partial charge on any atom is 0.343 e. The Hall–Kier alpha value is -1.81. The Labute approximate surface area is 246 Å². The molecule has 3 rings (SSSR count). The van der Waals surface area contributed by atoms with Crippen LogP contribution in [-0.4, -0.2) is 12.6 Å². The Morgan fingerprint density at radius 3 is 2.28 bits per heavy atom. The maximum absolute atomic E-state index is 12.7. The summed E-state index contributed by atoms with van der Waals surface area (Å²) in [6.45, 7) is 7.57. The molecule has 4 heteroatoms. The van der Waals surface area contributed by atoms with E-state index in [1.165, 1.54) is 89.0 Å². The van der Waals surface area contributed by atoms with Gasteiger partial charge in [0, 0.05) is 0 Å². The van der Waals surface area contributed by atoms with Crippen molar-refractivity contribution < 1.29 is 14.3 Å². The van der Waals surface area contributed by atoms with Crippen LogP contribution in [0.25, 0.3) is 0 Å². The number of unbranched alkanes of at least 4 members (excludes halogenated alkanes) is 4. The molecular weight excluding hydrogens is 548 g/mol. The van der Waals surface area contributed by atoms with E-state index in [4.69, 9.17) is 9.47 Å². The second kappa shape index (κ2) is 17.8. The number of rotatable bonds is 17. The van der Waals surface area contributed by atoms with Crippen LogP contribution < -0.4 is 9.47 Å². The lowest BCUT2D eigenvalue weighted by Crippen LogP contribution is -2.15. The van der Waals surface area contributed by atoms with Gasteiger partial charge >= 0.3 is 5.97 Å². The molecule has 0 radical (unpaired) electrons. The monoisotopic (exact) mass is 598 g/mol. The summed E-state index contributed by atoms with van der Waals surface area (Å²) in [6, 6.07) is 13.4. The van der Waals surface area contributed by atoms with Gasteiger partial charge in [-0.05, 0) is 94.9 Å². The zero-order valence-electron chi connectivity index (χ0n) is 24.7. The van der Waals surface area contributed by atoms with Crippen LogP contribution in [0.2, 0.25) is 0 Å². The highest BCUT2D eigenvalue weighted by molar-refractivity contribution is 9.10. The highest BCUT2D eigenvalue weighted by Crippen LogP contribution is 2.35. The van der Waals surface area contributed by atoms with Gasteiger partial charge in [-0.2, -0.15) is 0 Å². The van der Waals surface area contributed by atoms with Crippen molar-refractivity contribution in [1.82, 2.24) is 0 Å². The smallest absolute Gasteiger partial charge is 0.343 e. The fourth-order valence-corrected chi connectivity index (χ4v) is 6.16. The van der Waals surface area contributed by atoms with Crippen LogP contribution in [0.1, 0.15) is 127 Å². The summed E-state index contributed by atoms with van der Waals surface area (Å²) in [5.41, 5.74) is 1.82. The number of hydrogen-bond acceptors (Lipinski definition) is 3. The molecule has 0 N–H and O–H groups in total. The van der Waals surface area contributed by atoms with Crippen LogP contribution in [0, 0.1) is 17.8 Å². The van der Waals surface area contributed by atoms with E-state index in [2.05, 4.69) is 48.8 Å². The summed E-state index contributed by atoms with van der Waals surface area (Å²) in [6.07, 6.45) is 19.6. The van der Waals surface area contributed by atoms with Crippen LogP contribution in [-0.2, 0) is 6.42 Å². The van der Waals surface area contributed by atoms with E-state index in [1.54, 1.807) is 12.1 Å². The molecule has 3 nitrogen and oxygen atoms in total. The first-order chi connectivity index (χ1) is 19.0. The number of halogens is 1. The lowest BCUT2D eigenvalue weighted by atomic mass is 9.78. The van der Waals surface area contributed by atoms with E-state index in [-0.39, 0.29) is 5.97 Å². The van der Waals surface area contributed by atoms with Crippen molar-refractivity contribution in [3.05, 3.63) is 58.1 Å². The molecule has 0 aliphatic heterocycles. The molecule has 0 saturated heterocycles. The minimum Gasteiger partial charge on any atom is -0.494 e. The Morgan fingerprint density at radius 2 is 1.62 bits per heavy atom. The van der Waals surface area contributed by atoms with Crippen LogP contribution in [0.3, 0.4) is 0 Å². The number of hydrogen-bond donors (Lipinski definition) is 0. The topological polar surface area (TPSA) is 35.5 Å². The van der Waals surface area contributed by atoms with E-state index >= 15 is 0 Å². The maximum atomic E-state index is 12.7. The standard InChI is InChI=1S/C35H51BrO3/c1-4-6-8-12-28-13-15-29(16-14-28)17-18-30-19-24-34(33(36)26-30)39-35(37)31-20-22-32(23-21-31)38-25-10-7-9-11-27(3)5-2/h19-24,26-29H,4-18,25H2,1-3H3/t27-,28-,29-/m0/s1. The van der Waals surface area contributed by atoms with Gasteiger partial charge in [-0.1, -0.05) is 104 Å². The quantitative estimate of drug-likeness (QED) is 0.103. The second-order valence-corrected chi connectivity index (χ2v) is 12.7. The Kier molecular flexibility index (Phi) is 14.5. The van der Waals surface area contributed by atoms with Crippen LogP contribution in [0.4, 0.5) is 0 Å². The number of esters is 1. The molecular formula is C35H51BrO3. The Balaban J connectivity index is 1.37. The number of ether oxygens (including phenoxy) is 2. The molecule has 0 aromatic heterocycles. The van der Waals surface area contributed by atoms with Gasteiger partial charge in [0.25, 0.3) is 0 Å². The molecule has 1 aliphatic carbocycles. The Morgan fingerprint density at radius 1 is 0.897 bits per heavy atom. The second-order valence-electron chi connectivity index (χ2n) is 11.8. The molecule has 2 aromatic rings. The van der Waals surface area contributed by atoms with E-state index in [0.717, 1.165) is 40.8 Å². The number of carbonyl (C=O) groups excluding carboxylic acids is 1. The minimum atomic E-state index is -0.351. The lowest BCUT2D eigenvalue weighted by molar-refractivity contribution is 0.0733. The minimum absolute atomic E-state index is 0.351. The molecule has 39 heavy (non-hydrogen) atoms. The molecule has 0 spiro atoms. The summed E-state index contributed by atoms with van der Waals surface area (Å²) >= 11 is 3.62. The van der Waals surface area contributed by atoms with Crippen LogP contribution >= 0.6 is 15.9 Å². The van der Waals surface area contributed by atoms with Gasteiger partial charge < -0.3 is 9.47 Å². The van der Waals surface area contributed by atoms with Crippen molar-refractivity contribution in [3.8, 4) is 11.5 Å². The van der Waals surface area contributed by atoms with Crippen LogP contribution in [0.15, 0.2) is 46.9 Å². The average molecular weight is 600 g/mol. The van der Waals surface area contributed by atoms with Gasteiger partial charge in [0.2, 0.25) is 0 Å². The van der Waals surface area contributed by atoms with Gasteiger partial charge in [0.05, 0.1) is 16.6 Å². The molecule has 0 unspecified atom stereocenters. The summed E-state index contributed by atoms with van der Waals surface area (Å²) in [7, 11) is 0. The van der Waals surface area contributed by atoms with Gasteiger partial charge in [-0.25, -0.2) is 4.79 Å². The van der Waals surface area contributed by atoms with E-state index in [0.29, 0.717) is 17.9 Å². The zero-order chi connectivity index (χ0) is 27.9. The third kappa shape index (κ3) is 11.7. The number of benzene rings is 2. The highest BCUT2D eigenvalue weighted by atomic mass is 79.9. The third-order valence-electron chi connectivity index (χ3n) is 8.62. The molecule has 216 valence electrons. The predicted octanol–water partition coefficient (Wildman–Crippen LogP) is 11.0. The molecule has 0 bridgehead atoms. The summed E-state index contributed by atoms with van der Waals surface area (Å²) in [5.74, 6) is 3.64. The van der Waals surface area contributed by atoms with Crippen LogP contribution in [0.5, 0.6) is 11.5 Å². The molecule has 2 aromatic carbocycles. The largest absolute Gasteiger partial charge is 0.494 e. The van der Waals surface area contributed by atoms with Crippen molar-refractivity contribution in [2.24, 2.45) is 17.8 Å². The third-order valence-corrected chi connectivity index (χ3v) is 9.24. The number of aryl methyl sites for hydroxylation is 1. The normalized spacial score (nSPS) is 18.1. The first-order valence-corrected chi connectivity index (χ1v) is 16.5. The summed E-state index contributed by atoms with van der Waals surface area (Å²) in [5, 5.41) is 0. The zero-order valence-corrected chi connectivity index (χ0v) is 26.3. The molecule has 0 amide bonds. The average Bonchev–Trinajstić information content (AvgIpc) is 2.96. The first-order valence-electron chi connectivity index (χ1n) is 15.7.